The summed E-state index contributed by atoms with van der Waals surface area (Å²) in [7, 11) is -3.81. The van der Waals surface area contributed by atoms with Crippen molar-refractivity contribution in [1.29, 1.82) is 0 Å². The van der Waals surface area contributed by atoms with Crippen LogP contribution < -0.4 is 10.5 Å². The van der Waals surface area contributed by atoms with Crippen LogP contribution in [0.5, 0.6) is 0 Å². The molecule has 8 heteroatoms. The molecular weight excluding hydrogens is 313 g/mol. The minimum absolute atomic E-state index is 0.0210. The third-order valence-corrected chi connectivity index (χ3v) is 5.52. The molecule has 0 saturated carbocycles. The molecule has 2 rings (SSSR count). The van der Waals surface area contributed by atoms with Crippen LogP contribution in [0.4, 0.5) is 9.52 Å². The number of anilines is 1. The number of hydrogen-bond acceptors (Lipinski definition) is 5. The summed E-state index contributed by atoms with van der Waals surface area (Å²) in [6.45, 7) is 5.11. The van der Waals surface area contributed by atoms with Gasteiger partial charge in [0, 0.05) is 17.0 Å². The Morgan fingerprint density at radius 1 is 1.33 bits per heavy atom. The van der Waals surface area contributed by atoms with Crippen molar-refractivity contribution in [3.63, 3.8) is 0 Å². The lowest BCUT2D eigenvalue weighted by molar-refractivity contribution is 0.592. The highest BCUT2D eigenvalue weighted by atomic mass is 32.2. The maximum Gasteiger partial charge on any atom is 0.263 e. The number of rotatable bonds is 4. The average Bonchev–Trinajstić information content (AvgIpc) is 2.70. The van der Waals surface area contributed by atoms with Gasteiger partial charge < -0.3 is 5.73 Å². The van der Waals surface area contributed by atoms with Gasteiger partial charge >= 0.3 is 0 Å². The first-order valence-corrected chi connectivity index (χ1v) is 8.50. The van der Waals surface area contributed by atoms with Crippen molar-refractivity contribution in [3.8, 4) is 0 Å². The van der Waals surface area contributed by atoms with Gasteiger partial charge in [-0.05, 0) is 38.5 Å². The summed E-state index contributed by atoms with van der Waals surface area (Å²) in [4.78, 5) is 5.05. The molecule has 0 radical (unpaired) electrons. The van der Waals surface area contributed by atoms with Crippen LogP contribution >= 0.6 is 11.3 Å². The van der Waals surface area contributed by atoms with Crippen LogP contribution in [0.25, 0.3) is 0 Å². The van der Waals surface area contributed by atoms with E-state index < -0.39 is 15.8 Å². The number of halogens is 1. The Kier molecular flexibility index (Phi) is 4.31. The van der Waals surface area contributed by atoms with Crippen LogP contribution in [-0.4, -0.2) is 13.4 Å². The van der Waals surface area contributed by atoms with Gasteiger partial charge in [0.25, 0.3) is 10.0 Å². The first-order valence-electron chi connectivity index (χ1n) is 6.20. The van der Waals surface area contributed by atoms with Gasteiger partial charge in [-0.3, -0.25) is 4.72 Å². The summed E-state index contributed by atoms with van der Waals surface area (Å²) in [5.41, 5.74) is 6.62. The van der Waals surface area contributed by atoms with Crippen LogP contribution in [0.15, 0.2) is 17.0 Å². The molecule has 0 atom stereocenters. The second-order valence-corrected chi connectivity index (χ2v) is 7.57. The highest BCUT2D eigenvalue weighted by Crippen LogP contribution is 2.25. The van der Waals surface area contributed by atoms with Crippen molar-refractivity contribution in [2.75, 3.05) is 4.72 Å². The standard InChI is InChI=1S/C13H16FN3O2S2/c1-7-4-11(5-10(6-15)12(7)14)21(18,19)17-13-16-8(2)9(3)20-13/h4-5H,6,15H2,1-3H3,(H,16,17). The fourth-order valence-corrected chi connectivity index (χ4v) is 3.99. The van der Waals surface area contributed by atoms with Crippen molar-refractivity contribution >= 4 is 26.5 Å². The number of nitrogens with two attached hydrogens (primary N) is 1. The fourth-order valence-electron chi connectivity index (χ4n) is 1.80. The molecule has 0 aliphatic rings. The van der Waals surface area contributed by atoms with E-state index in [0.717, 1.165) is 10.6 Å². The molecule has 0 aliphatic carbocycles. The second-order valence-electron chi connectivity index (χ2n) is 4.68. The van der Waals surface area contributed by atoms with Gasteiger partial charge in [0.2, 0.25) is 0 Å². The predicted octanol–water partition coefficient (Wildman–Crippen LogP) is 2.47. The molecular formula is C13H16FN3O2S2. The topological polar surface area (TPSA) is 85.1 Å². The summed E-state index contributed by atoms with van der Waals surface area (Å²) < 4.78 is 40.9. The molecule has 21 heavy (non-hydrogen) atoms. The smallest absolute Gasteiger partial charge is 0.263 e. The Bertz CT molecular complexity index is 765. The van der Waals surface area contributed by atoms with E-state index in [1.54, 1.807) is 6.92 Å². The Hall–Kier alpha value is -1.51. The van der Waals surface area contributed by atoms with Crippen molar-refractivity contribution in [1.82, 2.24) is 4.98 Å². The van der Waals surface area contributed by atoms with Gasteiger partial charge in [0.1, 0.15) is 5.82 Å². The van der Waals surface area contributed by atoms with E-state index in [4.69, 9.17) is 5.73 Å². The van der Waals surface area contributed by atoms with E-state index in [2.05, 4.69) is 9.71 Å². The molecule has 0 spiro atoms. The van der Waals surface area contributed by atoms with Crippen LogP contribution in [0, 0.1) is 26.6 Å². The molecule has 0 unspecified atom stereocenters. The average molecular weight is 329 g/mol. The Morgan fingerprint density at radius 2 is 2.00 bits per heavy atom. The molecule has 1 heterocycles. The van der Waals surface area contributed by atoms with Crippen LogP contribution in [0.2, 0.25) is 0 Å². The van der Waals surface area contributed by atoms with Crippen LogP contribution in [0.1, 0.15) is 21.7 Å². The molecule has 3 N–H and O–H groups in total. The normalized spacial score (nSPS) is 11.7. The Balaban J connectivity index is 2.42. The molecule has 5 nitrogen and oxygen atoms in total. The van der Waals surface area contributed by atoms with E-state index in [-0.39, 0.29) is 22.6 Å². The van der Waals surface area contributed by atoms with E-state index >= 15 is 0 Å². The first-order chi connectivity index (χ1) is 9.74. The lowest BCUT2D eigenvalue weighted by Gasteiger charge is -2.09. The van der Waals surface area contributed by atoms with E-state index in [9.17, 15) is 12.8 Å². The zero-order valence-corrected chi connectivity index (χ0v) is 13.5. The van der Waals surface area contributed by atoms with Gasteiger partial charge in [0.15, 0.2) is 5.13 Å². The molecule has 0 aliphatic heterocycles. The zero-order chi connectivity index (χ0) is 15.8. The molecule has 114 valence electrons. The lowest BCUT2D eigenvalue weighted by Crippen LogP contribution is -2.14. The molecule has 0 bridgehead atoms. The molecule has 0 saturated heterocycles. The van der Waals surface area contributed by atoms with Gasteiger partial charge in [-0.2, -0.15) is 0 Å². The molecule has 0 amide bonds. The summed E-state index contributed by atoms with van der Waals surface area (Å²) >= 11 is 1.25. The van der Waals surface area contributed by atoms with Crippen LogP contribution in [-0.2, 0) is 16.6 Å². The minimum Gasteiger partial charge on any atom is -0.326 e. The summed E-state index contributed by atoms with van der Waals surface area (Å²) in [6, 6.07) is 2.53. The minimum atomic E-state index is -3.81. The summed E-state index contributed by atoms with van der Waals surface area (Å²) in [5, 5.41) is 0.293. The highest BCUT2D eigenvalue weighted by Gasteiger charge is 2.19. The molecule has 1 aromatic heterocycles. The van der Waals surface area contributed by atoms with Crippen molar-refractivity contribution < 1.29 is 12.8 Å². The predicted molar refractivity (Wildman–Crippen MR) is 81.4 cm³/mol. The number of aryl methyl sites for hydroxylation is 3. The maximum atomic E-state index is 13.7. The summed E-state index contributed by atoms with van der Waals surface area (Å²) in [5.74, 6) is -0.475. The number of thiazole rings is 1. The SMILES string of the molecule is Cc1cc(S(=O)(=O)Nc2nc(C)c(C)s2)cc(CN)c1F. The zero-order valence-electron chi connectivity index (χ0n) is 11.9. The number of hydrogen-bond donors (Lipinski definition) is 2. The van der Waals surface area contributed by atoms with Gasteiger partial charge in [-0.15, -0.1) is 11.3 Å². The maximum absolute atomic E-state index is 13.7. The van der Waals surface area contributed by atoms with Crippen LogP contribution in [0.3, 0.4) is 0 Å². The van der Waals surface area contributed by atoms with E-state index in [1.807, 2.05) is 6.92 Å². The van der Waals surface area contributed by atoms with Crippen molar-refractivity contribution in [2.45, 2.75) is 32.2 Å². The number of benzene rings is 1. The highest BCUT2D eigenvalue weighted by molar-refractivity contribution is 7.93. The number of nitrogens with zero attached hydrogens (tertiary/aromatic N) is 1. The first kappa shape index (κ1) is 15.9. The summed E-state index contributed by atoms with van der Waals surface area (Å²) in [6.07, 6.45) is 0. The van der Waals surface area contributed by atoms with Gasteiger partial charge in [-0.25, -0.2) is 17.8 Å². The van der Waals surface area contributed by atoms with E-state index in [0.29, 0.717) is 5.13 Å². The Morgan fingerprint density at radius 3 is 2.52 bits per heavy atom. The number of aromatic nitrogens is 1. The number of nitrogens with one attached hydrogen (secondary N) is 1. The van der Waals surface area contributed by atoms with Gasteiger partial charge in [-0.1, -0.05) is 0 Å². The van der Waals surface area contributed by atoms with E-state index in [1.165, 1.54) is 30.4 Å². The largest absolute Gasteiger partial charge is 0.326 e. The molecule has 0 fully saturated rings. The molecule has 2 aromatic rings. The lowest BCUT2D eigenvalue weighted by atomic mass is 10.1. The van der Waals surface area contributed by atoms with Crippen molar-refractivity contribution in [2.24, 2.45) is 5.73 Å². The quantitative estimate of drug-likeness (QED) is 0.902. The third kappa shape index (κ3) is 3.22. The molecule has 1 aromatic carbocycles. The second kappa shape index (κ2) is 5.70. The van der Waals surface area contributed by atoms with Gasteiger partial charge in [0.05, 0.1) is 10.6 Å². The fraction of sp³-hybridized carbons (Fsp3) is 0.308. The Labute approximate surface area is 127 Å². The van der Waals surface area contributed by atoms with Crippen molar-refractivity contribution in [3.05, 3.63) is 39.6 Å². The third-order valence-electron chi connectivity index (χ3n) is 3.08. The monoisotopic (exact) mass is 329 g/mol. The number of sulfonamides is 1.